The Morgan fingerprint density at radius 2 is 1.66 bits per heavy atom. The summed E-state index contributed by atoms with van der Waals surface area (Å²) >= 11 is 0. The standard InChI is InChI=1S/C28H32N4O3/c1-35-26-9-8-25(23-6-2-3-7-24(23)26)28(34)32-14-4-5-22(20-32)27(33)31-17-15-30(16-18-31)19-21-10-12-29-13-11-21/h2-3,6-13,22H,4-5,14-20H2,1H3. The average molecular weight is 473 g/mol. The monoisotopic (exact) mass is 472 g/mol. The SMILES string of the molecule is COc1ccc(C(=O)N2CCCC(C(=O)N3CCN(Cc4ccncc4)CC3)C2)c2ccccc12. The van der Waals surface area contributed by atoms with Crippen molar-refractivity contribution in [2.45, 2.75) is 19.4 Å². The molecule has 0 radical (unpaired) electrons. The summed E-state index contributed by atoms with van der Waals surface area (Å²) < 4.78 is 5.48. The zero-order valence-electron chi connectivity index (χ0n) is 20.2. The third-order valence-electron chi connectivity index (χ3n) is 7.23. The minimum Gasteiger partial charge on any atom is -0.496 e. The van der Waals surface area contributed by atoms with Gasteiger partial charge in [0.05, 0.1) is 13.0 Å². The van der Waals surface area contributed by atoms with Crippen molar-refractivity contribution in [2.75, 3.05) is 46.4 Å². The number of hydrogen-bond donors (Lipinski definition) is 0. The molecule has 2 aromatic carbocycles. The van der Waals surface area contributed by atoms with Gasteiger partial charge in [-0.05, 0) is 48.1 Å². The van der Waals surface area contributed by atoms with Gasteiger partial charge in [-0.25, -0.2) is 0 Å². The van der Waals surface area contributed by atoms with Crippen LogP contribution in [0, 0.1) is 5.92 Å². The van der Waals surface area contributed by atoms with E-state index in [0.29, 0.717) is 18.7 Å². The highest BCUT2D eigenvalue weighted by Crippen LogP contribution is 2.30. The Labute approximate surface area is 206 Å². The van der Waals surface area contributed by atoms with E-state index in [0.717, 1.165) is 62.1 Å². The number of amides is 2. The van der Waals surface area contributed by atoms with E-state index in [1.807, 2.05) is 70.7 Å². The van der Waals surface area contributed by atoms with Crippen LogP contribution in [0.15, 0.2) is 60.9 Å². The number of piperidine rings is 1. The first-order valence-corrected chi connectivity index (χ1v) is 12.4. The molecule has 0 bridgehead atoms. The van der Waals surface area contributed by atoms with E-state index in [1.54, 1.807) is 7.11 Å². The summed E-state index contributed by atoms with van der Waals surface area (Å²) in [5.74, 6) is 0.796. The zero-order chi connectivity index (χ0) is 24.2. The number of aromatic nitrogens is 1. The fourth-order valence-electron chi connectivity index (χ4n) is 5.30. The quantitative estimate of drug-likeness (QED) is 0.569. The van der Waals surface area contributed by atoms with Gasteiger partial charge >= 0.3 is 0 Å². The molecule has 0 aliphatic carbocycles. The number of benzene rings is 2. The van der Waals surface area contributed by atoms with Crippen molar-refractivity contribution >= 4 is 22.6 Å². The molecule has 2 amide bonds. The number of rotatable bonds is 5. The van der Waals surface area contributed by atoms with Gasteiger partial charge in [-0.2, -0.15) is 0 Å². The second-order valence-corrected chi connectivity index (χ2v) is 9.41. The zero-order valence-corrected chi connectivity index (χ0v) is 20.2. The first kappa shape index (κ1) is 23.3. The highest BCUT2D eigenvalue weighted by Gasteiger charge is 2.33. The molecule has 2 aliphatic heterocycles. The molecular weight excluding hydrogens is 440 g/mol. The summed E-state index contributed by atoms with van der Waals surface area (Å²) in [5, 5.41) is 1.81. The van der Waals surface area contributed by atoms with Crippen LogP contribution in [-0.2, 0) is 11.3 Å². The number of methoxy groups -OCH3 is 1. The Morgan fingerprint density at radius 3 is 2.40 bits per heavy atom. The van der Waals surface area contributed by atoms with Gasteiger partial charge in [-0.3, -0.25) is 19.5 Å². The van der Waals surface area contributed by atoms with E-state index >= 15 is 0 Å². The van der Waals surface area contributed by atoms with Crippen LogP contribution in [0.1, 0.15) is 28.8 Å². The van der Waals surface area contributed by atoms with Crippen LogP contribution in [-0.4, -0.2) is 77.9 Å². The number of nitrogens with zero attached hydrogens (tertiary/aromatic N) is 4. The van der Waals surface area contributed by atoms with Crippen LogP contribution in [0.2, 0.25) is 0 Å². The van der Waals surface area contributed by atoms with Gasteiger partial charge in [0, 0.05) is 69.2 Å². The lowest BCUT2D eigenvalue weighted by molar-refractivity contribution is -0.138. The smallest absolute Gasteiger partial charge is 0.254 e. The number of fused-ring (bicyclic) bond motifs is 1. The number of hydrogen-bond acceptors (Lipinski definition) is 5. The number of piperazine rings is 1. The van der Waals surface area contributed by atoms with E-state index in [-0.39, 0.29) is 17.7 Å². The molecule has 35 heavy (non-hydrogen) atoms. The maximum Gasteiger partial charge on any atom is 0.254 e. The van der Waals surface area contributed by atoms with Crippen LogP contribution in [0.25, 0.3) is 10.8 Å². The first-order chi connectivity index (χ1) is 17.1. The maximum atomic E-state index is 13.5. The predicted molar refractivity (Wildman–Crippen MR) is 135 cm³/mol. The number of carbonyl (C=O) groups excluding carboxylic acids is 2. The fraction of sp³-hybridized carbons (Fsp3) is 0.393. The molecule has 0 N–H and O–H groups in total. The molecule has 0 spiro atoms. The van der Waals surface area contributed by atoms with E-state index in [2.05, 4.69) is 9.88 Å². The van der Waals surface area contributed by atoms with Gasteiger partial charge in [-0.15, -0.1) is 0 Å². The van der Waals surface area contributed by atoms with Crippen molar-refractivity contribution in [3.63, 3.8) is 0 Å². The number of pyridine rings is 1. The van der Waals surface area contributed by atoms with Crippen molar-refractivity contribution in [1.82, 2.24) is 19.7 Å². The van der Waals surface area contributed by atoms with Gasteiger partial charge in [0.1, 0.15) is 5.75 Å². The Bertz CT molecular complexity index is 1190. The van der Waals surface area contributed by atoms with E-state index < -0.39 is 0 Å². The molecule has 2 saturated heterocycles. The molecule has 2 fully saturated rings. The van der Waals surface area contributed by atoms with Gasteiger partial charge in [0.25, 0.3) is 5.91 Å². The predicted octanol–water partition coefficient (Wildman–Crippen LogP) is 3.44. The summed E-state index contributed by atoms with van der Waals surface area (Å²) in [5.41, 5.74) is 1.91. The third-order valence-corrected chi connectivity index (χ3v) is 7.23. The Morgan fingerprint density at radius 1 is 0.914 bits per heavy atom. The fourth-order valence-corrected chi connectivity index (χ4v) is 5.30. The number of likely N-dealkylation sites (tertiary alicyclic amines) is 1. The van der Waals surface area contributed by atoms with Crippen molar-refractivity contribution in [3.05, 3.63) is 72.1 Å². The molecule has 3 heterocycles. The highest BCUT2D eigenvalue weighted by molar-refractivity contribution is 6.08. The van der Waals surface area contributed by atoms with Gasteiger partial charge in [-0.1, -0.05) is 24.3 Å². The molecule has 7 heteroatoms. The van der Waals surface area contributed by atoms with Crippen molar-refractivity contribution in [2.24, 2.45) is 5.92 Å². The van der Waals surface area contributed by atoms with Crippen LogP contribution in [0.5, 0.6) is 5.75 Å². The van der Waals surface area contributed by atoms with Gasteiger partial charge in [0.15, 0.2) is 0 Å². The second-order valence-electron chi connectivity index (χ2n) is 9.41. The first-order valence-electron chi connectivity index (χ1n) is 12.4. The summed E-state index contributed by atoms with van der Waals surface area (Å²) in [6, 6.07) is 15.6. The molecule has 3 aromatic rings. The van der Waals surface area contributed by atoms with E-state index in [4.69, 9.17) is 4.74 Å². The molecular formula is C28H32N4O3. The van der Waals surface area contributed by atoms with Gasteiger partial charge < -0.3 is 14.5 Å². The third kappa shape index (κ3) is 5.00. The molecule has 2 aliphatic rings. The minimum absolute atomic E-state index is 0.0106. The lowest BCUT2D eigenvalue weighted by Crippen LogP contribution is -2.52. The van der Waals surface area contributed by atoms with E-state index in [9.17, 15) is 9.59 Å². The van der Waals surface area contributed by atoms with Crippen molar-refractivity contribution in [3.8, 4) is 5.75 Å². The van der Waals surface area contributed by atoms with Crippen LogP contribution < -0.4 is 4.74 Å². The lowest BCUT2D eigenvalue weighted by atomic mass is 9.94. The molecule has 0 saturated carbocycles. The van der Waals surface area contributed by atoms with Crippen LogP contribution in [0.3, 0.4) is 0 Å². The highest BCUT2D eigenvalue weighted by atomic mass is 16.5. The number of carbonyl (C=O) groups is 2. The minimum atomic E-state index is -0.135. The topological polar surface area (TPSA) is 66.0 Å². The van der Waals surface area contributed by atoms with E-state index in [1.165, 1.54) is 5.56 Å². The van der Waals surface area contributed by atoms with Gasteiger partial charge in [0.2, 0.25) is 5.91 Å². The molecule has 5 rings (SSSR count). The van der Waals surface area contributed by atoms with Crippen molar-refractivity contribution < 1.29 is 14.3 Å². The summed E-state index contributed by atoms with van der Waals surface area (Å²) in [6.07, 6.45) is 5.32. The molecule has 182 valence electrons. The normalized spacial score (nSPS) is 19.1. The molecule has 7 nitrogen and oxygen atoms in total. The molecule has 1 atom stereocenters. The Balaban J connectivity index is 1.22. The van der Waals surface area contributed by atoms with Crippen LogP contribution in [0.4, 0.5) is 0 Å². The lowest BCUT2D eigenvalue weighted by Gasteiger charge is -2.39. The maximum absolute atomic E-state index is 13.5. The Kier molecular flexibility index (Phi) is 6.95. The average Bonchev–Trinajstić information content (AvgIpc) is 2.93. The molecule has 1 unspecified atom stereocenters. The Hall–Kier alpha value is -3.45. The summed E-state index contributed by atoms with van der Waals surface area (Å²) in [4.78, 5) is 37.2. The summed E-state index contributed by atoms with van der Waals surface area (Å²) in [6.45, 7) is 5.24. The largest absolute Gasteiger partial charge is 0.496 e. The number of ether oxygens (including phenoxy) is 1. The van der Waals surface area contributed by atoms with Crippen molar-refractivity contribution in [1.29, 1.82) is 0 Å². The summed E-state index contributed by atoms with van der Waals surface area (Å²) in [7, 11) is 1.64. The molecule has 1 aromatic heterocycles. The second kappa shape index (κ2) is 10.4. The van der Waals surface area contributed by atoms with Crippen LogP contribution >= 0.6 is 0 Å².